The van der Waals surface area contributed by atoms with Crippen molar-refractivity contribution >= 4 is 11.9 Å². The summed E-state index contributed by atoms with van der Waals surface area (Å²) in [6, 6.07) is 2.11. The van der Waals surface area contributed by atoms with Gasteiger partial charge >= 0.3 is 0 Å². The van der Waals surface area contributed by atoms with E-state index in [1.54, 1.807) is 0 Å². The SMILES string of the molecule is CC1N=C(N(C)C)N(C)C(N(C)CCc2cc[nH]c2)=N1. The maximum absolute atomic E-state index is 4.64. The number of nitrogens with zero attached hydrogens (tertiary/aromatic N) is 5. The summed E-state index contributed by atoms with van der Waals surface area (Å²) in [6.45, 7) is 2.94. The van der Waals surface area contributed by atoms with Crippen LogP contribution in [0.2, 0.25) is 0 Å². The van der Waals surface area contributed by atoms with Gasteiger partial charge in [-0.15, -0.1) is 0 Å². The molecule has 0 saturated carbocycles. The summed E-state index contributed by atoms with van der Waals surface area (Å²) < 4.78 is 0. The van der Waals surface area contributed by atoms with E-state index in [4.69, 9.17) is 0 Å². The third kappa shape index (κ3) is 3.12. The van der Waals surface area contributed by atoms with Gasteiger partial charge in [0.2, 0.25) is 11.9 Å². The number of nitrogens with one attached hydrogen (secondary N) is 1. The van der Waals surface area contributed by atoms with E-state index in [2.05, 4.69) is 33.0 Å². The molecule has 1 aromatic rings. The smallest absolute Gasteiger partial charge is 0.205 e. The lowest BCUT2D eigenvalue weighted by atomic mass is 10.2. The molecule has 0 amide bonds. The molecular formula is C14H24N6. The summed E-state index contributed by atoms with van der Waals surface area (Å²) >= 11 is 0. The van der Waals surface area contributed by atoms with Crippen molar-refractivity contribution in [2.45, 2.75) is 19.5 Å². The van der Waals surface area contributed by atoms with Gasteiger partial charge in [-0.2, -0.15) is 0 Å². The van der Waals surface area contributed by atoms with Gasteiger partial charge in [-0.25, -0.2) is 9.98 Å². The molecule has 1 N–H and O–H groups in total. The Hall–Kier alpha value is -1.98. The van der Waals surface area contributed by atoms with E-state index in [1.165, 1.54) is 5.56 Å². The van der Waals surface area contributed by atoms with Crippen molar-refractivity contribution in [3.8, 4) is 0 Å². The van der Waals surface area contributed by atoms with Crippen LogP contribution in [0.3, 0.4) is 0 Å². The Morgan fingerprint density at radius 2 is 1.95 bits per heavy atom. The number of H-pyrrole nitrogens is 1. The number of aromatic nitrogens is 1. The molecule has 0 saturated heterocycles. The molecular weight excluding hydrogens is 252 g/mol. The Kier molecular flexibility index (Phi) is 4.32. The molecule has 2 heterocycles. The van der Waals surface area contributed by atoms with Crippen LogP contribution in [0.1, 0.15) is 12.5 Å². The number of hydrogen-bond acceptors (Lipinski definition) is 5. The van der Waals surface area contributed by atoms with Gasteiger partial charge in [0.05, 0.1) is 0 Å². The third-order valence-corrected chi connectivity index (χ3v) is 3.34. The highest BCUT2D eigenvalue weighted by Crippen LogP contribution is 2.10. The lowest BCUT2D eigenvalue weighted by molar-refractivity contribution is 0.411. The minimum Gasteiger partial charge on any atom is -0.367 e. The van der Waals surface area contributed by atoms with E-state index in [1.807, 2.05) is 50.3 Å². The number of guanidine groups is 2. The van der Waals surface area contributed by atoms with Crippen LogP contribution in [-0.2, 0) is 6.42 Å². The van der Waals surface area contributed by atoms with Gasteiger partial charge in [0.25, 0.3) is 0 Å². The van der Waals surface area contributed by atoms with Crippen LogP contribution in [0.4, 0.5) is 0 Å². The zero-order valence-corrected chi connectivity index (χ0v) is 13.0. The normalized spacial score (nSPS) is 18.6. The molecule has 110 valence electrons. The first kappa shape index (κ1) is 14.4. The highest BCUT2D eigenvalue weighted by atomic mass is 15.5. The van der Waals surface area contributed by atoms with Crippen molar-refractivity contribution < 1.29 is 0 Å². The van der Waals surface area contributed by atoms with Gasteiger partial charge in [-0.3, -0.25) is 4.90 Å². The molecule has 0 radical (unpaired) electrons. The number of likely N-dealkylation sites (N-methyl/N-ethyl adjacent to an activating group) is 1. The van der Waals surface area contributed by atoms with E-state index in [0.29, 0.717) is 0 Å². The molecule has 1 atom stereocenters. The summed E-state index contributed by atoms with van der Waals surface area (Å²) in [6.07, 6.45) is 4.96. The van der Waals surface area contributed by atoms with Crippen LogP contribution in [0.15, 0.2) is 28.4 Å². The number of rotatable bonds is 3. The Balaban J connectivity index is 2.03. The van der Waals surface area contributed by atoms with Crippen molar-refractivity contribution in [1.29, 1.82) is 0 Å². The molecule has 20 heavy (non-hydrogen) atoms. The summed E-state index contributed by atoms with van der Waals surface area (Å²) in [7, 11) is 8.10. The topological polar surface area (TPSA) is 50.2 Å². The highest BCUT2D eigenvalue weighted by Gasteiger charge is 2.23. The van der Waals surface area contributed by atoms with Crippen LogP contribution in [0.25, 0.3) is 0 Å². The lowest BCUT2D eigenvalue weighted by Crippen LogP contribution is -2.51. The first-order chi connectivity index (χ1) is 9.49. The highest BCUT2D eigenvalue weighted by molar-refractivity contribution is 5.99. The maximum atomic E-state index is 4.64. The van der Waals surface area contributed by atoms with Gasteiger partial charge in [0.1, 0.15) is 6.17 Å². The summed E-state index contributed by atoms with van der Waals surface area (Å²) in [5.41, 5.74) is 1.31. The standard InChI is InChI=1S/C14H24N6/c1-11-16-13(18(2)3)20(5)14(17-11)19(4)9-7-12-6-8-15-10-12/h6,8,10-11,15H,7,9H2,1-5H3. The fourth-order valence-electron chi connectivity index (χ4n) is 2.31. The number of aromatic amines is 1. The molecule has 0 bridgehead atoms. The molecule has 6 heteroatoms. The Morgan fingerprint density at radius 1 is 1.25 bits per heavy atom. The molecule has 1 aliphatic rings. The first-order valence-corrected chi connectivity index (χ1v) is 6.88. The molecule has 1 aromatic heterocycles. The van der Waals surface area contributed by atoms with E-state index in [-0.39, 0.29) is 6.17 Å². The molecule has 2 rings (SSSR count). The zero-order valence-electron chi connectivity index (χ0n) is 13.0. The van der Waals surface area contributed by atoms with Crippen molar-refractivity contribution in [1.82, 2.24) is 19.7 Å². The van der Waals surface area contributed by atoms with E-state index in [9.17, 15) is 0 Å². The Bertz CT molecular complexity index is 488. The van der Waals surface area contributed by atoms with Gasteiger partial charge < -0.3 is 14.8 Å². The van der Waals surface area contributed by atoms with E-state index < -0.39 is 0 Å². The molecule has 0 aromatic carbocycles. The first-order valence-electron chi connectivity index (χ1n) is 6.88. The zero-order chi connectivity index (χ0) is 14.7. The van der Waals surface area contributed by atoms with Gasteiger partial charge in [0, 0.05) is 47.1 Å². The average molecular weight is 276 g/mol. The minimum absolute atomic E-state index is 0.0340. The lowest BCUT2D eigenvalue weighted by Gasteiger charge is -2.35. The molecule has 6 nitrogen and oxygen atoms in total. The average Bonchev–Trinajstić information content (AvgIpc) is 2.91. The minimum atomic E-state index is -0.0340. The second-order valence-electron chi connectivity index (χ2n) is 5.33. The molecule has 0 fully saturated rings. The second-order valence-corrected chi connectivity index (χ2v) is 5.33. The van der Waals surface area contributed by atoms with E-state index in [0.717, 1.165) is 24.9 Å². The summed E-state index contributed by atoms with van der Waals surface area (Å²) in [5, 5.41) is 0. The predicted octanol–water partition coefficient (Wildman–Crippen LogP) is 1.05. The van der Waals surface area contributed by atoms with Crippen LogP contribution in [0.5, 0.6) is 0 Å². The van der Waals surface area contributed by atoms with E-state index >= 15 is 0 Å². The Labute approximate surface area is 120 Å². The quantitative estimate of drug-likeness (QED) is 0.898. The molecule has 1 aliphatic heterocycles. The monoisotopic (exact) mass is 276 g/mol. The maximum Gasteiger partial charge on any atom is 0.205 e. The van der Waals surface area contributed by atoms with Crippen molar-refractivity contribution in [2.75, 3.05) is 34.7 Å². The number of hydrogen-bond donors (Lipinski definition) is 1. The van der Waals surface area contributed by atoms with Crippen LogP contribution in [-0.4, -0.2) is 72.5 Å². The summed E-state index contributed by atoms with van der Waals surface area (Å²) in [4.78, 5) is 18.5. The van der Waals surface area contributed by atoms with Crippen molar-refractivity contribution in [2.24, 2.45) is 9.98 Å². The van der Waals surface area contributed by atoms with Crippen LogP contribution in [0, 0.1) is 0 Å². The predicted molar refractivity (Wildman–Crippen MR) is 82.9 cm³/mol. The third-order valence-electron chi connectivity index (χ3n) is 3.34. The molecule has 0 aliphatic carbocycles. The largest absolute Gasteiger partial charge is 0.367 e. The fourth-order valence-corrected chi connectivity index (χ4v) is 2.31. The van der Waals surface area contributed by atoms with Gasteiger partial charge in [-0.1, -0.05) is 0 Å². The molecule has 0 spiro atoms. The second kappa shape index (κ2) is 5.98. The Morgan fingerprint density at radius 3 is 2.55 bits per heavy atom. The fraction of sp³-hybridized carbons (Fsp3) is 0.571. The van der Waals surface area contributed by atoms with Crippen molar-refractivity contribution in [3.05, 3.63) is 24.0 Å². The summed E-state index contributed by atoms with van der Waals surface area (Å²) in [5.74, 6) is 1.91. The van der Waals surface area contributed by atoms with Gasteiger partial charge in [-0.05, 0) is 25.0 Å². The number of aliphatic imine (C=N–C) groups is 2. The van der Waals surface area contributed by atoms with Crippen molar-refractivity contribution in [3.63, 3.8) is 0 Å². The van der Waals surface area contributed by atoms with Crippen LogP contribution >= 0.6 is 0 Å². The van der Waals surface area contributed by atoms with Crippen LogP contribution < -0.4 is 0 Å². The van der Waals surface area contributed by atoms with Gasteiger partial charge in [0.15, 0.2) is 0 Å². The molecule has 1 unspecified atom stereocenters.